The van der Waals surface area contributed by atoms with Crippen LogP contribution in [-0.2, 0) is 4.74 Å². The topological polar surface area (TPSA) is 64.1 Å². The number of hydrogen-bond donors (Lipinski definition) is 1. The highest BCUT2D eigenvalue weighted by Gasteiger charge is 2.09. The van der Waals surface area contributed by atoms with E-state index in [1.807, 2.05) is 0 Å². The first-order chi connectivity index (χ1) is 7.71. The molecule has 0 unspecified atom stereocenters. The number of ether oxygens (including phenoxy) is 1. The smallest absolute Gasteiger partial charge is 0.358 e. The van der Waals surface area contributed by atoms with Crippen molar-refractivity contribution in [2.24, 2.45) is 0 Å². The molecule has 0 atom stereocenters. The van der Waals surface area contributed by atoms with E-state index in [0.29, 0.717) is 11.9 Å². The number of aromatic nitrogens is 2. The first kappa shape index (κ1) is 12.4. The van der Waals surface area contributed by atoms with Gasteiger partial charge in [-0.3, -0.25) is 0 Å². The Bertz CT molecular complexity index is 334. The van der Waals surface area contributed by atoms with Crippen LogP contribution in [0.5, 0.6) is 0 Å². The minimum absolute atomic E-state index is 0.220. The third-order valence-corrected chi connectivity index (χ3v) is 2.40. The zero-order valence-corrected chi connectivity index (χ0v) is 9.86. The summed E-state index contributed by atoms with van der Waals surface area (Å²) in [7, 11) is 1.32. The minimum Gasteiger partial charge on any atom is -0.464 e. The van der Waals surface area contributed by atoms with Gasteiger partial charge < -0.3 is 10.1 Å². The van der Waals surface area contributed by atoms with E-state index in [4.69, 9.17) is 0 Å². The molecule has 0 saturated carbocycles. The summed E-state index contributed by atoms with van der Waals surface area (Å²) >= 11 is 0. The lowest BCUT2D eigenvalue weighted by Crippen LogP contribution is -2.18. The SMILES string of the molecule is CCC(CC)Nc1ccc(C(=O)OC)nn1. The van der Waals surface area contributed by atoms with Gasteiger partial charge in [-0.25, -0.2) is 4.79 Å². The van der Waals surface area contributed by atoms with Gasteiger partial charge in [0.15, 0.2) is 5.69 Å². The molecule has 16 heavy (non-hydrogen) atoms. The van der Waals surface area contributed by atoms with Gasteiger partial charge in [0, 0.05) is 6.04 Å². The molecule has 0 spiro atoms. The molecule has 1 aromatic rings. The van der Waals surface area contributed by atoms with Crippen LogP contribution in [0.4, 0.5) is 5.82 Å². The summed E-state index contributed by atoms with van der Waals surface area (Å²) < 4.78 is 4.54. The number of carbonyl (C=O) groups is 1. The quantitative estimate of drug-likeness (QED) is 0.772. The lowest BCUT2D eigenvalue weighted by molar-refractivity contribution is 0.0593. The van der Waals surface area contributed by atoms with E-state index in [2.05, 4.69) is 34.1 Å². The summed E-state index contributed by atoms with van der Waals surface area (Å²) in [4.78, 5) is 11.1. The largest absolute Gasteiger partial charge is 0.464 e. The van der Waals surface area contributed by atoms with Crippen LogP contribution >= 0.6 is 0 Å². The number of esters is 1. The highest BCUT2D eigenvalue weighted by molar-refractivity contribution is 5.86. The Hall–Kier alpha value is -1.65. The molecule has 1 aromatic heterocycles. The van der Waals surface area contributed by atoms with Gasteiger partial charge in [0.05, 0.1) is 7.11 Å². The van der Waals surface area contributed by atoms with Crippen LogP contribution in [0.2, 0.25) is 0 Å². The van der Waals surface area contributed by atoms with Crippen LogP contribution in [0.3, 0.4) is 0 Å². The van der Waals surface area contributed by atoms with E-state index in [9.17, 15) is 4.79 Å². The van der Waals surface area contributed by atoms with Gasteiger partial charge in [-0.1, -0.05) is 13.8 Å². The fourth-order valence-corrected chi connectivity index (χ4v) is 1.32. The van der Waals surface area contributed by atoms with E-state index >= 15 is 0 Å². The van der Waals surface area contributed by atoms with Crippen molar-refractivity contribution >= 4 is 11.8 Å². The van der Waals surface area contributed by atoms with E-state index < -0.39 is 5.97 Å². The summed E-state index contributed by atoms with van der Waals surface area (Å²) in [5.41, 5.74) is 0.220. The Labute approximate surface area is 95.2 Å². The molecule has 0 aromatic carbocycles. The molecule has 0 saturated heterocycles. The van der Waals surface area contributed by atoms with Crippen LogP contribution in [0.1, 0.15) is 37.2 Å². The van der Waals surface area contributed by atoms with Gasteiger partial charge in [0.2, 0.25) is 0 Å². The molecule has 0 bridgehead atoms. The van der Waals surface area contributed by atoms with E-state index in [0.717, 1.165) is 12.8 Å². The predicted molar refractivity (Wildman–Crippen MR) is 61.4 cm³/mol. The summed E-state index contributed by atoms with van der Waals surface area (Å²) in [6, 6.07) is 3.72. The Morgan fingerprint density at radius 3 is 2.50 bits per heavy atom. The zero-order valence-electron chi connectivity index (χ0n) is 9.86. The van der Waals surface area contributed by atoms with Crippen molar-refractivity contribution < 1.29 is 9.53 Å². The Kier molecular flexibility index (Phi) is 4.69. The summed E-state index contributed by atoms with van der Waals surface area (Å²) in [5, 5.41) is 10.9. The van der Waals surface area contributed by atoms with Crippen molar-refractivity contribution in [2.75, 3.05) is 12.4 Å². The van der Waals surface area contributed by atoms with Crippen molar-refractivity contribution in [3.8, 4) is 0 Å². The first-order valence-electron chi connectivity index (χ1n) is 5.39. The molecule has 1 N–H and O–H groups in total. The summed E-state index contributed by atoms with van der Waals surface area (Å²) in [5.74, 6) is 0.211. The number of anilines is 1. The van der Waals surface area contributed by atoms with Gasteiger partial charge in [-0.15, -0.1) is 10.2 Å². The van der Waals surface area contributed by atoms with Gasteiger partial charge in [0.1, 0.15) is 5.82 Å². The maximum atomic E-state index is 11.1. The van der Waals surface area contributed by atoms with Crippen molar-refractivity contribution in [3.63, 3.8) is 0 Å². The molecule has 1 rings (SSSR count). The molecule has 0 aliphatic rings. The normalized spacial score (nSPS) is 10.2. The second-order valence-corrected chi connectivity index (χ2v) is 3.45. The molecule has 1 heterocycles. The molecule has 88 valence electrons. The molecular weight excluding hydrogens is 206 g/mol. The number of carbonyl (C=O) groups excluding carboxylic acids is 1. The molecule has 0 aliphatic carbocycles. The zero-order chi connectivity index (χ0) is 12.0. The van der Waals surface area contributed by atoms with E-state index in [1.54, 1.807) is 12.1 Å². The van der Waals surface area contributed by atoms with Gasteiger partial charge in [-0.05, 0) is 25.0 Å². The van der Waals surface area contributed by atoms with Crippen molar-refractivity contribution in [3.05, 3.63) is 17.8 Å². The van der Waals surface area contributed by atoms with E-state index in [-0.39, 0.29) is 5.69 Å². The van der Waals surface area contributed by atoms with Gasteiger partial charge in [-0.2, -0.15) is 0 Å². The number of nitrogens with one attached hydrogen (secondary N) is 1. The van der Waals surface area contributed by atoms with Crippen LogP contribution in [0, 0.1) is 0 Å². The Morgan fingerprint density at radius 2 is 2.06 bits per heavy atom. The fourth-order valence-electron chi connectivity index (χ4n) is 1.32. The van der Waals surface area contributed by atoms with Crippen molar-refractivity contribution in [1.82, 2.24) is 10.2 Å². The molecule has 5 nitrogen and oxygen atoms in total. The standard InChI is InChI=1S/C11H17N3O2/c1-4-8(5-2)12-10-7-6-9(13-14-10)11(15)16-3/h6-8H,4-5H2,1-3H3,(H,12,14). The average molecular weight is 223 g/mol. The second kappa shape index (κ2) is 6.05. The first-order valence-corrected chi connectivity index (χ1v) is 5.39. The number of hydrogen-bond acceptors (Lipinski definition) is 5. The van der Waals surface area contributed by atoms with Crippen molar-refractivity contribution in [1.29, 1.82) is 0 Å². The summed E-state index contributed by atoms with van der Waals surface area (Å²) in [6.45, 7) is 4.22. The lowest BCUT2D eigenvalue weighted by atomic mass is 10.2. The van der Waals surface area contributed by atoms with Crippen LogP contribution < -0.4 is 5.32 Å². The number of nitrogens with zero attached hydrogens (tertiary/aromatic N) is 2. The van der Waals surface area contributed by atoms with E-state index in [1.165, 1.54) is 7.11 Å². The lowest BCUT2D eigenvalue weighted by Gasteiger charge is -2.14. The Morgan fingerprint density at radius 1 is 1.38 bits per heavy atom. The number of methoxy groups -OCH3 is 1. The average Bonchev–Trinajstić information content (AvgIpc) is 2.35. The Balaban J connectivity index is 2.67. The second-order valence-electron chi connectivity index (χ2n) is 3.45. The summed E-state index contributed by atoms with van der Waals surface area (Å²) in [6.07, 6.45) is 2.05. The van der Waals surface area contributed by atoms with Crippen LogP contribution in [-0.4, -0.2) is 29.3 Å². The molecule has 0 aliphatic heterocycles. The minimum atomic E-state index is -0.471. The highest BCUT2D eigenvalue weighted by Crippen LogP contribution is 2.08. The van der Waals surface area contributed by atoms with Gasteiger partial charge in [0.25, 0.3) is 0 Å². The molecule has 5 heteroatoms. The van der Waals surface area contributed by atoms with Crippen molar-refractivity contribution in [2.45, 2.75) is 32.7 Å². The molecule has 0 amide bonds. The monoisotopic (exact) mass is 223 g/mol. The highest BCUT2D eigenvalue weighted by atomic mass is 16.5. The van der Waals surface area contributed by atoms with Gasteiger partial charge >= 0.3 is 5.97 Å². The van der Waals surface area contributed by atoms with Crippen LogP contribution in [0.15, 0.2) is 12.1 Å². The molecule has 0 fully saturated rings. The fraction of sp³-hybridized carbons (Fsp3) is 0.545. The molecular formula is C11H17N3O2. The molecule has 0 radical (unpaired) electrons. The maximum absolute atomic E-state index is 11.1. The predicted octanol–water partition coefficient (Wildman–Crippen LogP) is 1.86. The number of rotatable bonds is 5. The third-order valence-electron chi connectivity index (χ3n) is 2.40. The van der Waals surface area contributed by atoms with Crippen LogP contribution in [0.25, 0.3) is 0 Å². The third kappa shape index (κ3) is 3.18. The maximum Gasteiger partial charge on any atom is 0.358 e.